The summed E-state index contributed by atoms with van der Waals surface area (Å²) in [5.74, 6) is 0.707. The zero-order chi connectivity index (χ0) is 15.1. The van der Waals surface area contributed by atoms with Gasteiger partial charge in [0, 0.05) is 31.4 Å². The molecule has 0 saturated carbocycles. The maximum atomic E-state index is 12.2. The summed E-state index contributed by atoms with van der Waals surface area (Å²) >= 11 is 0. The number of anilines is 1. The van der Waals surface area contributed by atoms with Crippen LogP contribution in [-0.2, 0) is 4.79 Å². The number of nitrogens with zero attached hydrogens (tertiary/aromatic N) is 4. The SMILES string of the molecule is CCC[C@@H](C#N)NC(=O)C1CCN(c2ncccn2)CC1. The van der Waals surface area contributed by atoms with E-state index >= 15 is 0 Å². The van der Waals surface area contributed by atoms with Crippen molar-refractivity contribution in [3.63, 3.8) is 0 Å². The molecule has 6 nitrogen and oxygen atoms in total. The van der Waals surface area contributed by atoms with Crippen molar-refractivity contribution in [2.75, 3.05) is 18.0 Å². The molecule has 0 spiro atoms. The molecule has 0 radical (unpaired) electrons. The number of hydrogen-bond acceptors (Lipinski definition) is 5. The molecule has 2 rings (SSSR count). The highest BCUT2D eigenvalue weighted by Gasteiger charge is 2.27. The largest absolute Gasteiger partial charge is 0.341 e. The van der Waals surface area contributed by atoms with Gasteiger partial charge in [-0.15, -0.1) is 0 Å². The van der Waals surface area contributed by atoms with E-state index in [4.69, 9.17) is 5.26 Å². The third kappa shape index (κ3) is 4.15. The molecule has 1 aromatic heterocycles. The fourth-order valence-corrected chi connectivity index (χ4v) is 2.54. The number of rotatable bonds is 5. The summed E-state index contributed by atoms with van der Waals surface area (Å²) < 4.78 is 0. The Balaban J connectivity index is 1.83. The van der Waals surface area contributed by atoms with E-state index in [1.54, 1.807) is 18.5 Å². The number of nitriles is 1. The first-order valence-corrected chi connectivity index (χ1v) is 7.46. The van der Waals surface area contributed by atoms with E-state index in [-0.39, 0.29) is 17.9 Å². The van der Waals surface area contributed by atoms with Crippen molar-refractivity contribution in [1.82, 2.24) is 15.3 Å². The van der Waals surface area contributed by atoms with Gasteiger partial charge >= 0.3 is 0 Å². The molecular weight excluding hydrogens is 266 g/mol. The Morgan fingerprint density at radius 3 is 2.71 bits per heavy atom. The fourth-order valence-electron chi connectivity index (χ4n) is 2.54. The van der Waals surface area contributed by atoms with E-state index in [2.05, 4.69) is 26.3 Å². The van der Waals surface area contributed by atoms with Crippen LogP contribution in [0.25, 0.3) is 0 Å². The standard InChI is InChI=1S/C15H21N5O/c1-2-4-13(11-16)19-14(21)12-5-9-20(10-6-12)15-17-7-3-8-18-15/h3,7-8,12-13H,2,4-6,9-10H2,1H3,(H,19,21)/t13-/m0/s1. The van der Waals surface area contributed by atoms with Crippen LogP contribution >= 0.6 is 0 Å². The molecule has 112 valence electrons. The van der Waals surface area contributed by atoms with Gasteiger partial charge in [-0.2, -0.15) is 5.26 Å². The van der Waals surface area contributed by atoms with Gasteiger partial charge in [-0.25, -0.2) is 9.97 Å². The van der Waals surface area contributed by atoms with Crippen LogP contribution in [0.1, 0.15) is 32.6 Å². The molecule has 0 unspecified atom stereocenters. The predicted octanol–water partition coefficient (Wildman–Crippen LogP) is 1.50. The minimum Gasteiger partial charge on any atom is -0.341 e. The number of piperidine rings is 1. The summed E-state index contributed by atoms with van der Waals surface area (Å²) in [4.78, 5) is 22.7. The second-order valence-electron chi connectivity index (χ2n) is 5.29. The smallest absolute Gasteiger partial charge is 0.225 e. The zero-order valence-corrected chi connectivity index (χ0v) is 12.3. The van der Waals surface area contributed by atoms with Gasteiger partial charge in [0.25, 0.3) is 0 Å². The first-order valence-electron chi connectivity index (χ1n) is 7.46. The van der Waals surface area contributed by atoms with E-state index in [1.165, 1.54) is 0 Å². The van der Waals surface area contributed by atoms with E-state index in [0.29, 0.717) is 6.42 Å². The normalized spacial score (nSPS) is 17.0. The van der Waals surface area contributed by atoms with E-state index in [0.717, 1.165) is 38.3 Å². The van der Waals surface area contributed by atoms with Crippen molar-refractivity contribution < 1.29 is 4.79 Å². The van der Waals surface area contributed by atoms with Crippen LogP contribution < -0.4 is 10.2 Å². The van der Waals surface area contributed by atoms with Gasteiger partial charge in [0.1, 0.15) is 6.04 Å². The monoisotopic (exact) mass is 287 g/mol. The topological polar surface area (TPSA) is 81.9 Å². The number of hydrogen-bond donors (Lipinski definition) is 1. The lowest BCUT2D eigenvalue weighted by Gasteiger charge is -2.31. The Hall–Kier alpha value is -2.16. The highest BCUT2D eigenvalue weighted by atomic mass is 16.1. The van der Waals surface area contributed by atoms with Gasteiger partial charge in [0.2, 0.25) is 11.9 Å². The first kappa shape index (κ1) is 15.2. The van der Waals surface area contributed by atoms with Crippen LogP contribution in [-0.4, -0.2) is 35.0 Å². The minimum absolute atomic E-state index is 0.00336. The molecule has 6 heteroatoms. The molecule has 1 N–H and O–H groups in total. The van der Waals surface area contributed by atoms with E-state index < -0.39 is 0 Å². The van der Waals surface area contributed by atoms with Crippen molar-refractivity contribution in [1.29, 1.82) is 5.26 Å². The van der Waals surface area contributed by atoms with Crippen LogP contribution in [0.4, 0.5) is 5.95 Å². The second-order valence-corrected chi connectivity index (χ2v) is 5.29. The number of aromatic nitrogens is 2. The molecule has 2 heterocycles. The maximum Gasteiger partial charge on any atom is 0.225 e. The lowest BCUT2D eigenvalue weighted by atomic mass is 9.95. The van der Waals surface area contributed by atoms with Gasteiger partial charge in [0.15, 0.2) is 0 Å². The van der Waals surface area contributed by atoms with E-state index in [9.17, 15) is 4.79 Å². The Morgan fingerprint density at radius 2 is 2.14 bits per heavy atom. The second kappa shape index (κ2) is 7.58. The molecule has 1 amide bonds. The molecule has 21 heavy (non-hydrogen) atoms. The van der Waals surface area contributed by atoms with Crippen molar-refractivity contribution >= 4 is 11.9 Å². The number of carbonyl (C=O) groups excluding carboxylic acids is 1. The lowest BCUT2D eigenvalue weighted by Crippen LogP contribution is -2.43. The lowest BCUT2D eigenvalue weighted by molar-refractivity contribution is -0.126. The molecular formula is C15H21N5O. The van der Waals surface area contributed by atoms with Crippen LogP contribution in [0.5, 0.6) is 0 Å². The quantitative estimate of drug-likeness (QED) is 0.887. The van der Waals surface area contributed by atoms with Crippen LogP contribution in [0.15, 0.2) is 18.5 Å². The van der Waals surface area contributed by atoms with Gasteiger partial charge in [-0.1, -0.05) is 13.3 Å². The average Bonchev–Trinajstić information content (AvgIpc) is 2.55. The Morgan fingerprint density at radius 1 is 1.48 bits per heavy atom. The molecule has 1 aliphatic rings. The van der Waals surface area contributed by atoms with Gasteiger partial charge < -0.3 is 10.2 Å². The van der Waals surface area contributed by atoms with Gasteiger partial charge in [-0.3, -0.25) is 4.79 Å². The fraction of sp³-hybridized carbons (Fsp3) is 0.600. The molecule has 1 fully saturated rings. The molecule has 1 aliphatic heterocycles. The van der Waals surface area contributed by atoms with Crippen molar-refractivity contribution in [3.05, 3.63) is 18.5 Å². The Bertz CT molecular complexity index is 491. The Kier molecular flexibility index (Phi) is 5.50. The average molecular weight is 287 g/mol. The van der Waals surface area contributed by atoms with Crippen molar-refractivity contribution in [3.8, 4) is 6.07 Å². The Labute approximate surface area is 125 Å². The third-order valence-electron chi connectivity index (χ3n) is 3.75. The summed E-state index contributed by atoms with van der Waals surface area (Å²) in [6, 6.07) is 3.57. The summed E-state index contributed by atoms with van der Waals surface area (Å²) in [6.07, 6.45) is 6.59. The number of amides is 1. The molecule has 1 aromatic rings. The number of carbonyl (C=O) groups is 1. The van der Waals surface area contributed by atoms with E-state index in [1.807, 2.05) is 6.92 Å². The number of nitrogens with one attached hydrogen (secondary N) is 1. The molecule has 1 saturated heterocycles. The highest BCUT2D eigenvalue weighted by Crippen LogP contribution is 2.20. The van der Waals surface area contributed by atoms with Gasteiger partial charge in [-0.05, 0) is 25.3 Å². The summed E-state index contributed by atoms with van der Waals surface area (Å²) in [6.45, 7) is 3.55. The minimum atomic E-state index is -0.363. The summed E-state index contributed by atoms with van der Waals surface area (Å²) in [7, 11) is 0. The zero-order valence-electron chi connectivity index (χ0n) is 12.3. The van der Waals surface area contributed by atoms with Gasteiger partial charge in [0.05, 0.1) is 6.07 Å². The van der Waals surface area contributed by atoms with Crippen LogP contribution in [0.2, 0.25) is 0 Å². The summed E-state index contributed by atoms with van der Waals surface area (Å²) in [5, 5.41) is 11.8. The van der Waals surface area contributed by atoms with Crippen LogP contribution in [0.3, 0.4) is 0 Å². The first-order chi connectivity index (χ1) is 10.2. The summed E-state index contributed by atoms with van der Waals surface area (Å²) in [5.41, 5.74) is 0. The molecule has 1 atom stereocenters. The maximum absolute atomic E-state index is 12.2. The third-order valence-corrected chi connectivity index (χ3v) is 3.75. The molecule has 0 bridgehead atoms. The molecule has 0 aliphatic carbocycles. The van der Waals surface area contributed by atoms with Crippen molar-refractivity contribution in [2.45, 2.75) is 38.6 Å². The van der Waals surface area contributed by atoms with Crippen LogP contribution in [0, 0.1) is 17.2 Å². The molecule has 0 aromatic carbocycles. The van der Waals surface area contributed by atoms with Crippen molar-refractivity contribution in [2.24, 2.45) is 5.92 Å². The highest BCUT2D eigenvalue weighted by molar-refractivity contribution is 5.79. The predicted molar refractivity (Wildman–Crippen MR) is 79.4 cm³/mol.